The quantitative estimate of drug-likeness (QED) is 0.578. The van der Waals surface area contributed by atoms with Gasteiger partial charge in [-0.2, -0.15) is 0 Å². The lowest BCUT2D eigenvalue weighted by Gasteiger charge is -2.25. The minimum atomic E-state index is -0.438. The number of carbonyl (C=O) groups is 2. The minimum absolute atomic E-state index is 0.163. The molecule has 2 rings (SSSR count). The number of ether oxygens (including phenoxy) is 2. The number of aryl methyl sites for hydroxylation is 1. The molecular formula is C25H35N3O4. The van der Waals surface area contributed by atoms with Gasteiger partial charge in [0, 0.05) is 18.7 Å². The molecule has 1 atom stereocenters. The van der Waals surface area contributed by atoms with E-state index in [-0.39, 0.29) is 24.2 Å². The van der Waals surface area contributed by atoms with E-state index in [1.165, 1.54) is 6.92 Å². The molecule has 32 heavy (non-hydrogen) atoms. The molecule has 2 aromatic rings. The largest absolute Gasteiger partial charge is 0.489 e. The summed E-state index contributed by atoms with van der Waals surface area (Å²) in [5, 5.41) is 5.52. The molecule has 0 fully saturated rings. The summed E-state index contributed by atoms with van der Waals surface area (Å²) in [5.74, 6) is 1.44. The van der Waals surface area contributed by atoms with Crippen LogP contribution in [0.1, 0.15) is 53.5 Å². The second-order valence-electron chi connectivity index (χ2n) is 9.43. The standard InChI is InChI=1S/C25H35N3O4/c1-16(2)12-21(32-24(30)28-25(5,6)7)15-31-22-9-8-19(13-17(22)3)20-10-11-26-23(14-20)27-18(4)29/h8-11,13-14,16,21H,12,15H2,1-7H3,(H,28,30)(H,26,27,29)/t21-/m0/s1. The number of rotatable bonds is 8. The highest BCUT2D eigenvalue weighted by atomic mass is 16.6. The van der Waals surface area contributed by atoms with Crippen molar-refractivity contribution in [3.63, 3.8) is 0 Å². The molecule has 2 amide bonds. The Labute approximate surface area is 190 Å². The van der Waals surface area contributed by atoms with Gasteiger partial charge in [-0.05, 0) is 81.0 Å². The number of carbonyl (C=O) groups excluding carboxylic acids is 2. The van der Waals surface area contributed by atoms with Gasteiger partial charge in [0.2, 0.25) is 5.91 Å². The van der Waals surface area contributed by atoms with E-state index >= 15 is 0 Å². The number of anilines is 1. The Bertz CT molecular complexity index is 935. The lowest BCUT2D eigenvalue weighted by atomic mass is 10.0. The number of aromatic nitrogens is 1. The van der Waals surface area contributed by atoms with Crippen molar-refractivity contribution in [2.75, 3.05) is 11.9 Å². The van der Waals surface area contributed by atoms with Gasteiger partial charge in [-0.1, -0.05) is 19.9 Å². The van der Waals surface area contributed by atoms with Gasteiger partial charge < -0.3 is 20.1 Å². The number of hydrogen-bond donors (Lipinski definition) is 2. The van der Waals surface area contributed by atoms with Crippen molar-refractivity contribution in [2.45, 2.75) is 66.5 Å². The van der Waals surface area contributed by atoms with E-state index in [0.717, 1.165) is 22.4 Å². The lowest BCUT2D eigenvalue weighted by molar-refractivity contribution is -0.114. The predicted octanol–water partition coefficient (Wildman–Crippen LogP) is 5.33. The first kappa shape index (κ1) is 25.2. The summed E-state index contributed by atoms with van der Waals surface area (Å²) in [6.45, 7) is 13.6. The van der Waals surface area contributed by atoms with E-state index in [1.54, 1.807) is 6.20 Å². The van der Waals surface area contributed by atoms with E-state index in [2.05, 4.69) is 29.5 Å². The molecule has 0 radical (unpaired) electrons. The van der Waals surface area contributed by atoms with Crippen LogP contribution in [0.5, 0.6) is 5.75 Å². The number of nitrogens with one attached hydrogen (secondary N) is 2. The molecule has 0 aliphatic heterocycles. The van der Waals surface area contributed by atoms with Gasteiger partial charge in [0.25, 0.3) is 0 Å². The van der Waals surface area contributed by atoms with E-state index < -0.39 is 6.09 Å². The van der Waals surface area contributed by atoms with E-state index in [4.69, 9.17) is 9.47 Å². The zero-order valence-corrected chi connectivity index (χ0v) is 20.1. The average Bonchev–Trinajstić information content (AvgIpc) is 2.64. The van der Waals surface area contributed by atoms with E-state index in [9.17, 15) is 9.59 Å². The van der Waals surface area contributed by atoms with Gasteiger partial charge >= 0.3 is 6.09 Å². The highest BCUT2D eigenvalue weighted by Gasteiger charge is 2.21. The van der Waals surface area contributed by atoms with E-state index in [1.807, 2.05) is 58.0 Å². The second kappa shape index (κ2) is 11.0. The summed E-state index contributed by atoms with van der Waals surface area (Å²) in [6, 6.07) is 9.61. The molecule has 1 heterocycles. The van der Waals surface area contributed by atoms with Gasteiger partial charge in [-0.25, -0.2) is 9.78 Å². The number of amides is 2. The molecule has 174 valence electrons. The molecule has 0 aliphatic rings. The maximum absolute atomic E-state index is 12.2. The monoisotopic (exact) mass is 441 g/mol. The molecule has 1 aromatic carbocycles. The number of hydrogen-bond acceptors (Lipinski definition) is 5. The molecule has 1 aromatic heterocycles. The van der Waals surface area contributed by atoms with Gasteiger partial charge in [0.1, 0.15) is 24.3 Å². The van der Waals surface area contributed by atoms with Crippen molar-refractivity contribution in [2.24, 2.45) is 5.92 Å². The molecule has 0 aliphatic carbocycles. The third-order valence-corrected chi connectivity index (χ3v) is 4.48. The summed E-state index contributed by atoms with van der Waals surface area (Å²) >= 11 is 0. The number of nitrogens with zero attached hydrogens (tertiary/aromatic N) is 1. The number of pyridine rings is 1. The highest BCUT2D eigenvalue weighted by molar-refractivity contribution is 5.88. The molecule has 0 unspecified atom stereocenters. The summed E-state index contributed by atoms with van der Waals surface area (Å²) in [7, 11) is 0. The lowest BCUT2D eigenvalue weighted by Crippen LogP contribution is -2.43. The Morgan fingerprint density at radius 2 is 1.78 bits per heavy atom. The Morgan fingerprint density at radius 1 is 1.09 bits per heavy atom. The Balaban J connectivity index is 2.08. The first-order valence-electron chi connectivity index (χ1n) is 10.9. The Kier molecular flexibility index (Phi) is 8.63. The van der Waals surface area contributed by atoms with Crippen molar-refractivity contribution in [3.05, 3.63) is 42.1 Å². The van der Waals surface area contributed by atoms with Gasteiger partial charge in [-0.3, -0.25) is 4.79 Å². The van der Waals surface area contributed by atoms with Crippen LogP contribution in [0.25, 0.3) is 11.1 Å². The summed E-state index contributed by atoms with van der Waals surface area (Å²) in [5.41, 5.74) is 2.53. The van der Waals surface area contributed by atoms with Crippen molar-refractivity contribution in [1.29, 1.82) is 0 Å². The normalized spacial score (nSPS) is 12.2. The molecular weight excluding hydrogens is 406 g/mol. The number of alkyl carbamates (subject to hydrolysis) is 1. The first-order valence-corrected chi connectivity index (χ1v) is 10.9. The molecule has 2 N–H and O–H groups in total. The molecule has 0 bridgehead atoms. The smallest absolute Gasteiger partial charge is 0.407 e. The van der Waals surface area contributed by atoms with Crippen LogP contribution in [0.4, 0.5) is 10.6 Å². The van der Waals surface area contributed by atoms with Crippen molar-refractivity contribution >= 4 is 17.8 Å². The first-order chi connectivity index (χ1) is 14.9. The van der Waals surface area contributed by atoms with Crippen LogP contribution in [0.3, 0.4) is 0 Å². The second-order valence-corrected chi connectivity index (χ2v) is 9.43. The van der Waals surface area contributed by atoms with Crippen LogP contribution in [-0.2, 0) is 9.53 Å². The third-order valence-electron chi connectivity index (χ3n) is 4.48. The van der Waals surface area contributed by atoms with Crippen molar-refractivity contribution in [1.82, 2.24) is 10.3 Å². The van der Waals surface area contributed by atoms with Crippen LogP contribution in [0.15, 0.2) is 36.5 Å². The van der Waals surface area contributed by atoms with Crippen LogP contribution in [0, 0.1) is 12.8 Å². The van der Waals surface area contributed by atoms with Gasteiger partial charge in [0.15, 0.2) is 0 Å². The average molecular weight is 442 g/mol. The molecule has 7 heteroatoms. The SMILES string of the molecule is CC(=O)Nc1cc(-c2ccc(OC[C@H](CC(C)C)OC(=O)NC(C)(C)C)c(C)c2)ccn1. The Morgan fingerprint density at radius 3 is 2.38 bits per heavy atom. The fourth-order valence-corrected chi connectivity index (χ4v) is 3.20. The predicted molar refractivity (Wildman–Crippen MR) is 127 cm³/mol. The zero-order chi connectivity index (χ0) is 23.9. The number of benzene rings is 1. The fraction of sp³-hybridized carbons (Fsp3) is 0.480. The fourth-order valence-electron chi connectivity index (χ4n) is 3.20. The van der Waals surface area contributed by atoms with Crippen molar-refractivity contribution in [3.8, 4) is 16.9 Å². The van der Waals surface area contributed by atoms with Crippen LogP contribution in [-0.4, -0.2) is 35.2 Å². The minimum Gasteiger partial charge on any atom is -0.489 e. The Hall–Kier alpha value is -3.09. The summed E-state index contributed by atoms with van der Waals surface area (Å²) in [6.07, 6.45) is 1.58. The molecule has 0 saturated carbocycles. The van der Waals surface area contributed by atoms with Gasteiger partial charge in [0.05, 0.1) is 0 Å². The van der Waals surface area contributed by atoms with Crippen molar-refractivity contribution < 1.29 is 19.1 Å². The molecule has 7 nitrogen and oxygen atoms in total. The summed E-state index contributed by atoms with van der Waals surface area (Å²) < 4.78 is 11.6. The van der Waals surface area contributed by atoms with Gasteiger partial charge in [-0.15, -0.1) is 0 Å². The molecule has 0 saturated heterocycles. The third kappa shape index (κ3) is 8.57. The van der Waals surface area contributed by atoms with Crippen LogP contribution < -0.4 is 15.4 Å². The maximum Gasteiger partial charge on any atom is 0.407 e. The van der Waals surface area contributed by atoms with Crippen LogP contribution in [0.2, 0.25) is 0 Å². The zero-order valence-electron chi connectivity index (χ0n) is 20.1. The van der Waals surface area contributed by atoms with E-state index in [0.29, 0.717) is 18.2 Å². The maximum atomic E-state index is 12.2. The topological polar surface area (TPSA) is 89.5 Å². The highest BCUT2D eigenvalue weighted by Crippen LogP contribution is 2.27. The summed E-state index contributed by atoms with van der Waals surface area (Å²) in [4.78, 5) is 27.7. The molecule has 0 spiro atoms. The van der Waals surface area contributed by atoms with Crippen LogP contribution >= 0.6 is 0 Å².